The van der Waals surface area contributed by atoms with E-state index in [-0.39, 0.29) is 0 Å². The third-order valence-corrected chi connectivity index (χ3v) is 4.56. The molecule has 0 bridgehead atoms. The Bertz CT molecular complexity index is 921. The van der Waals surface area contributed by atoms with Gasteiger partial charge in [0.15, 0.2) is 10.2 Å². The Kier molecular flexibility index (Phi) is 3.64. The van der Waals surface area contributed by atoms with Gasteiger partial charge in [-0.05, 0) is 24.4 Å². The molecule has 0 aliphatic carbocycles. The molecule has 0 fully saturated rings. The second-order valence-electron chi connectivity index (χ2n) is 4.96. The van der Waals surface area contributed by atoms with Crippen molar-refractivity contribution in [1.29, 1.82) is 0 Å². The van der Waals surface area contributed by atoms with Crippen molar-refractivity contribution in [1.82, 2.24) is 19.9 Å². The van der Waals surface area contributed by atoms with Crippen LogP contribution in [0.4, 0.5) is 5.13 Å². The molecule has 0 aliphatic heterocycles. The van der Waals surface area contributed by atoms with E-state index in [0.717, 1.165) is 16.2 Å². The fourth-order valence-electron chi connectivity index (χ4n) is 2.64. The summed E-state index contributed by atoms with van der Waals surface area (Å²) >= 11 is 6.85. The van der Waals surface area contributed by atoms with Crippen molar-refractivity contribution in [3.63, 3.8) is 0 Å². The maximum absolute atomic E-state index is 5.34. The first-order valence-corrected chi connectivity index (χ1v) is 8.37. The van der Waals surface area contributed by atoms with Gasteiger partial charge in [-0.1, -0.05) is 18.2 Å². The number of rotatable bonds is 3. The summed E-state index contributed by atoms with van der Waals surface area (Å²) in [5.74, 6) is 0. The summed E-state index contributed by atoms with van der Waals surface area (Å²) in [5.41, 5.74) is 2.23. The van der Waals surface area contributed by atoms with Gasteiger partial charge in [0.1, 0.15) is 0 Å². The Labute approximate surface area is 142 Å². The summed E-state index contributed by atoms with van der Waals surface area (Å²) in [5, 5.41) is 12.0. The van der Waals surface area contributed by atoms with Crippen LogP contribution in [0.3, 0.4) is 0 Å². The summed E-state index contributed by atoms with van der Waals surface area (Å²) in [6.07, 6.45) is 5.45. The number of nitrogens with one attached hydrogen (secondary N) is 2. The van der Waals surface area contributed by atoms with Gasteiger partial charge in [-0.25, -0.2) is 4.98 Å². The molecular weight excluding hydrogens is 326 g/mol. The van der Waals surface area contributed by atoms with E-state index in [4.69, 9.17) is 12.2 Å². The molecule has 7 heteroatoms. The monoisotopic (exact) mass is 339 g/mol. The number of thiocarbonyl (C=S) groups is 1. The molecule has 5 nitrogen and oxygen atoms in total. The van der Waals surface area contributed by atoms with E-state index in [9.17, 15) is 0 Å². The van der Waals surface area contributed by atoms with E-state index in [1.807, 2.05) is 29.9 Å². The Morgan fingerprint density at radius 3 is 2.87 bits per heavy atom. The first-order valence-electron chi connectivity index (χ1n) is 7.08. The largest absolute Gasteiger partial charge is 0.345 e. The van der Waals surface area contributed by atoms with Crippen LogP contribution in [-0.2, 0) is 6.67 Å². The van der Waals surface area contributed by atoms with Crippen LogP contribution in [-0.4, -0.2) is 19.6 Å². The SMILES string of the molecule is S=C(NCn1c2ccccc2c2ccncc21)Nc1nccs1. The molecule has 0 aliphatic rings. The molecule has 3 aromatic heterocycles. The summed E-state index contributed by atoms with van der Waals surface area (Å²) in [6.45, 7) is 0.562. The topological polar surface area (TPSA) is 54.8 Å². The zero-order chi connectivity index (χ0) is 15.6. The van der Waals surface area contributed by atoms with Gasteiger partial charge in [0.25, 0.3) is 0 Å². The molecule has 4 rings (SSSR count). The Balaban J connectivity index is 1.64. The number of benzene rings is 1. The third kappa shape index (κ3) is 2.64. The van der Waals surface area contributed by atoms with Crippen LogP contribution in [0.5, 0.6) is 0 Å². The van der Waals surface area contributed by atoms with Crippen LogP contribution >= 0.6 is 23.6 Å². The van der Waals surface area contributed by atoms with Crippen molar-refractivity contribution < 1.29 is 0 Å². The molecule has 0 amide bonds. The number of anilines is 1. The molecule has 0 saturated heterocycles. The van der Waals surface area contributed by atoms with Crippen molar-refractivity contribution in [3.05, 3.63) is 54.3 Å². The number of hydrogen-bond donors (Lipinski definition) is 2. The second kappa shape index (κ2) is 5.94. The molecule has 0 spiro atoms. The molecule has 2 N–H and O–H groups in total. The quantitative estimate of drug-likeness (QED) is 0.559. The first kappa shape index (κ1) is 14.1. The number of nitrogens with zero attached hydrogens (tertiary/aromatic N) is 3. The van der Waals surface area contributed by atoms with Crippen LogP contribution in [0.1, 0.15) is 0 Å². The number of thiazole rings is 1. The van der Waals surface area contributed by atoms with Crippen molar-refractivity contribution in [2.75, 3.05) is 5.32 Å². The Morgan fingerprint density at radius 1 is 1.13 bits per heavy atom. The van der Waals surface area contributed by atoms with Gasteiger partial charge < -0.3 is 15.2 Å². The molecule has 4 aromatic rings. The first-order chi connectivity index (χ1) is 11.3. The number of fused-ring (bicyclic) bond motifs is 3. The fraction of sp³-hybridized carbons (Fsp3) is 0.0625. The smallest absolute Gasteiger partial charge is 0.188 e. The minimum atomic E-state index is 0.551. The lowest BCUT2D eigenvalue weighted by Crippen LogP contribution is -2.30. The highest BCUT2D eigenvalue weighted by Crippen LogP contribution is 2.27. The zero-order valence-electron chi connectivity index (χ0n) is 12.1. The highest BCUT2D eigenvalue weighted by molar-refractivity contribution is 7.80. The number of hydrogen-bond acceptors (Lipinski definition) is 4. The number of aromatic nitrogens is 3. The van der Waals surface area contributed by atoms with Gasteiger partial charge in [-0.3, -0.25) is 4.98 Å². The van der Waals surface area contributed by atoms with Gasteiger partial charge in [-0.2, -0.15) is 0 Å². The van der Waals surface area contributed by atoms with E-state index >= 15 is 0 Å². The van der Waals surface area contributed by atoms with Crippen LogP contribution in [0.25, 0.3) is 21.8 Å². The van der Waals surface area contributed by atoms with Crippen LogP contribution in [0.15, 0.2) is 54.3 Å². The van der Waals surface area contributed by atoms with Crippen molar-refractivity contribution in [2.24, 2.45) is 0 Å². The molecular formula is C16H13N5S2. The average molecular weight is 339 g/mol. The predicted octanol–water partition coefficient (Wildman–Crippen LogP) is 3.59. The Hall–Kier alpha value is -2.51. The third-order valence-electron chi connectivity index (χ3n) is 3.63. The molecule has 0 unspecified atom stereocenters. The highest BCUT2D eigenvalue weighted by Gasteiger charge is 2.10. The molecule has 0 saturated carbocycles. The molecule has 23 heavy (non-hydrogen) atoms. The standard InChI is InChI=1S/C16H13N5S2/c22-15(20-16-18-7-8-23-16)19-10-21-13-4-2-1-3-11(13)12-5-6-17-9-14(12)21/h1-9H,10H2,(H2,18,19,20,22). The normalized spacial score (nSPS) is 11.0. The van der Waals surface area contributed by atoms with Crippen LogP contribution < -0.4 is 10.6 Å². The minimum Gasteiger partial charge on any atom is -0.345 e. The van der Waals surface area contributed by atoms with Crippen molar-refractivity contribution in [3.8, 4) is 0 Å². The van der Waals surface area contributed by atoms with E-state index in [2.05, 4.69) is 43.4 Å². The van der Waals surface area contributed by atoms with E-state index < -0.39 is 0 Å². The predicted molar refractivity (Wildman–Crippen MR) is 98.7 cm³/mol. The van der Waals surface area contributed by atoms with Crippen molar-refractivity contribution >= 4 is 55.6 Å². The maximum atomic E-state index is 5.34. The summed E-state index contributed by atoms with van der Waals surface area (Å²) in [6, 6.07) is 10.4. The summed E-state index contributed by atoms with van der Waals surface area (Å²) < 4.78 is 2.17. The molecule has 0 atom stereocenters. The van der Waals surface area contributed by atoms with Gasteiger partial charge >= 0.3 is 0 Å². The molecule has 0 radical (unpaired) electrons. The van der Waals surface area contributed by atoms with Crippen LogP contribution in [0, 0.1) is 0 Å². The zero-order valence-corrected chi connectivity index (χ0v) is 13.7. The van der Waals surface area contributed by atoms with E-state index in [1.165, 1.54) is 22.1 Å². The van der Waals surface area contributed by atoms with Gasteiger partial charge in [-0.15, -0.1) is 11.3 Å². The number of pyridine rings is 1. The second-order valence-corrected chi connectivity index (χ2v) is 6.27. The lowest BCUT2D eigenvalue weighted by atomic mass is 10.2. The lowest BCUT2D eigenvalue weighted by molar-refractivity contribution is 0.713. The molecule has 3 heterocycles. The summed E-state index contributed by atoms with van der Waals surface area (Å²) in [4.78, 5) is 8.42. The molecule has 1 aromatic carbocycles. The van der Waals surface area contributed by atoms with E-state index in [1.54, 1.807) is 6.20 Å². The Morgan fingerprint density at radius 2 is 2.00 bits per heavy atom. The van der Waals surface area contributed by atoms with Crippen LogP contribution in [0.2, 0.25) is 0 Å². The van der Waals surface area contributed by atoms with E-state index in [0.29, 0.717) is 11.8 Å². The van der Waals surface area contributed by atoms with Gasteiger partial charge in [0.2, 0.25) is 0 Å². The molecule has 114 valence electrons. The lowest BCUT2D eigenvalue weighted by Gasteiger charge is -2.11. The van der Waals surface area contributed by atoms with Crippen molar-refractivity contribution in [2.45, 2.75) is 6.67 Å². The minimum absolute atomic E-state index is 0.551. The average Bonchev–Trinajstić information content (AvgIpc) is 3.19. The maximum Gasteiger partial charge on any atom is 0.188 e. The van der Waals surface area contributed by atoms with Gasteiger partial charge in [0, 0.05) is 28.5 Å². The fourth-order valence-corrected chi connectivity index (χ4v) is 3.40. The van der Waals surface area contributed by atoms with Gasteiger partial charge in [0.05, 0.1) is 23.9 Å². The number of para-hydroxylation sites is 1. The summed E-state index contributed by atoms with van der Waals surface area (Å²) in [7, 11) is 0. The highest BCUT2D eigenvalue weighted by atomic mass is 32.1.